The Morgan fingerprint density at radius 2 is 1.74 bits per heavy atom. The molecule has 2 aromatic carbocycles. The van der Waals surface area contributed by atoms with Crippen molar-refractivity contribution in [3.63, 3.8) is 0 Å². The molecular weight excluding hydrogens is 298 g/mol. The summed E-state index contributed by atoms with van der Waals surface area (Å²) in [4.78, 5) is 23.5. The smallest absolute Gasteiger partial charge is 0.339 e. The van der Waals surface area contributed by atoms with Crippen molar-refractivity contribution >= 4 is 11.9 Å². The molecule has 0 radical (unpaired) electrons. The van der Waals surface area contributed by atoms with Gasteiger partial charge in [-0.3, -0.25) is 4.79 Å². The van der Waals surface area contributed by atoms with E-state index in [2.05, 4.69) is 5.32 Å². The second kappa shape index (κ2) is 7.31. The van der Waals surface area contributed by atoms with Crippen LogP contribution in [0.25, 0.3) is 0 Å². The van der Waals surface area contributed by atoms with Gasteiger partial charge in [-0.25, -0.2) is 4.79 Å². The van der Waals surface area contributed by atoms with Crippen LogP contribution in [0.5, 0.6) is 11.5 Å². The highest BCUT2D eigenvalue weighted by atomic mass is 16.5. The summed E-state index contributed by atoms with van der Waals surface area (Å²) in [5.41, 5.74) is 0.989. The summed E-state index contributed by atoms with van der Waals surface area (Å²) in [5.74, 6) is -0.817. The predicted molar refractivity (Wildman–Crippen MR) is 84.1 cm³/mol. The summed E-state index contributed by atoms with van der Waals surface area (Å²) >= 11 is 0. The third-order valence-corrected chi connectivity index (χ3v) is 3.28. The number of para-hydroxylation sites is 1. The molecule has 0 spiro atoms. The topological polar surface area (TPSA) is 84.9 Å². The van der Waals surface area contributed by atoms with Gasteiger partial charge in [0, 0.05) is 6.54 Å². The molecule has 0 heterocycles. The van der Waals surface area contributed by atoms with E-state index in [1.807, 2.05) is 24.3 Å². The molecule has 0 saturated carbocycles. The Morgan fingerprint density at radius 1 is 1.04 bits per heavy atom. The molecule has 0 fully saturated rings. The first-order valence-corrected chi connectivity index (χ1v) is 6.88. The van der Waals surface area contributed by atoms with E-state index in [-0.39, 0.29) is 23.4 Å². The second-order valence-electron chi connectivity index (χ2n) is 4.73. The van der Waals surface area contributed by atoms with Crippen LogP contribution in [0.2, 0.25) is 0 Å². The summed E-state index contributed by atoms with van der Waals surface area (Å²) in [5, 5.41) is 11.9. The lowest BCUT2D eigenvalue weighted by molar-refractivity contribution is 0.0693. The van der Waals surface area contributed by atoms with Crippen molar-refractivity contribution in [3.8, 4) is 11.5 Å². The van der Waals surface area contributed by atoms with Crippen LogP contribution in [0.3, 0.4) is 0 Å². The van der Waals surface area contributed by atoms with Crippen LogP contribution in [0.15, 0.2) is 42.5 Å². The fraction of sp³-hybridized carbons (Fsp3) is 0.176. The molecule has 6 heteroatoms. The monoisotopic (exact) mass is 315 g/mol. The van der Waals surface area contributed by atoms with Crippen LogP contribution in [0, 0.1) is 0 Å². The average molecular weight is 315 g/mol. The zero-order valence-electron chi connectivity index (χ0n) is 12.8. The van der Waals surface area contributed by atoms with Crippen molar-refractivity contribution in [2.75, 3.05) is 14.2 Å². The number of carbonyl (C=O) groups is 2. The number of amides is 1. The Morgan fingerprint density at radius 3 is 2.39 bits per heavy atom. The van der Waals surface area contributed by atoms with Crippen molar-refractivity contribution in [1.29, 1.82) is 0 Å². The third kappa shape index (κ3) is 3.79. The number of methoxy groups -OCH3 is 2. The number of ether oxygens (including phenoxy) is 2. The van der Waals surface area contributed by atoms with Crippen LogP contribution in [0.1, 0.15) is 26.3 Å². The van der Waals surface area contributed by atoms with Gasteiger partial charge in [0.15, 0.2) is 0 Å². The van der Waals surface area contributed by atoms with E-state index >= 15 is 0 Å². The number of aromatic carboxylic acids is 1. The zero-order chi connectivity index (χ0) is 16.8. The van der Waals surface area contributed by atoms with E-state index in [0.717, 1.165) is 5.56 Å². The van der Waals surface area contributed by atoms with Gasteiger partial charge in [-0.05, 0) is 29.8 Å². The fourth-order valence-electron chi connectivity index (χ4n) is 2.16. The fourth-order valence-corrected chi connectivity index (χ4v) is 2.16. The summed E-state index contributed by atoms with van der Waals surface area (Å²) in [7, 11) is 2.90. The molecule has 2 rings (SSSR count). The Hall–Kier alpha value is -3.02. The Balaban J connectivity index is 2.17. The van der Waals surface area contributed by atoms with Crippen molar-refractivity contribution in [2.45, 2.75) is 6.54 Å². The average Bonchev–Trinajstić information content (AvgIpc) is 2.58. The molecule has 0 atom stereocenters. The lowest BCUT2D eigenvalue weighted by Crippen LogP contribution is -2.24. The number of hydrogen-bond donors (Lipinski definition) is 2. The molecule has 0 aliphatic carbocycles. The van der Waals surface area contributed by atoms with Crippen LogP contribution >= 0.6 is 0 Å². The summed E-state index contributed by atoms with van der Waals surface area (Å²) < 4.78 is 10.2. The molecule has 0 aromatic heterocycles. The van der Waals surface area contributed by atoms with E-state index in [9.17, 15) is 9.59 Å². The molecule has 0 aliphatic rings. The Bertz CT molecular complexity index is 727. The number of carbonyl (C=O) groups excluding carboxylic acids is 1. The van der Waals surface area contributed by atoms with Crippen molar-refractivity contribution in [3.05, 3.63) is 59.2 Å². The Labute approximate surface area is 133 Å². The summed E-state index contributed by atoms with van der Waals surface area (Å²) in [6, 6.07) is 11.7. The number of rotatable bonds is 6. The molecular formula is C17H17NO5. The van der Waals surface area contributed by atoms with Gasteiger partial charge < -0.3 is 19.9 Å². The molecule has 0 aliphatic heterocycles. The Kier molecular flexibility index (Phi) is 5.19. The minimum atomic E-state index is -1.15. The quantitative estimate of drug-likeness (QED) is 0.854. The van der Waals surface area contributed by atoms with Crippen LogP contribution in [-0.4, -0.2) is 31.2 Å². The molecule has 0 bridgehead atoms. The number of carboxylic acid groups (broad SMARTS) is 1. The van der Waals surface area contributed by atoms with Crippen molar-refractivity contribution in [1.82, 2.24) is 5.32 Å². The predicted octanol–water partition coefficient (Wildman–Crippen LogP) is 2.33. The third-order valence-electron chi connectivity index (χ3n) is 3.28. The van der Waals surface area contributed by atoms with Crippen LogP contribution in [0.4, 0.5) is 0 Å². The molecule has 2 aromatic rings. The van der Waals surface area contributed by atoms with Crippen molar-refractivity contribution < 1.29 is 24.2 Å². The number of hydrogen-bond acceptors (Lipinski definition) is 4. The van der Waals surface area contributed by atoms with E-state index in [0.29, 0.717) is 5.75 Å². The normalized spacial score (nSPS) is 10.0. The highest BCUT2D eigenvalue weighted by molar-refractivity contribution is 6.01. The second-order valence-corrected chi connectivity index (χ2v) is 4.73. The largest absolute Gasteiger partial charge is 0.497 e. The zero-order valence-corrected chi connectivity index (χ0v) is 12.8. The van der Waals surface area contributed by atoms with Gasteiger partial charge in [-0.2, -0.15) is 0 Å². The maximum Gasteiger partial charge on any atom is 0.339 e. The first-order chi connectivity index (χ1) is 11.1. The molecule has 6 nitrogen and oxygen atoms in total. The van der Waals surface area contributed by atoms with Crippen LogP contribution in [-0.2, 0) is 6.54 Å². The van der Waals surface area contributed by atoms with Gasteiger partial charge >= 0.3 is 5.97 Å². The van der Waals surface area contributed by atoms with E-state index in [4.69, 9.17) is 14.6 Å². The van der Waals surface area contributed by atoms with Crippen molar-refractivity contribution in [2.24, 2.45) is 0 Å². The summed E-state index contributed by atoms with van der Waals surface area (Å²) in [6.07, 6.45) is 0. The van der Waals surface area contributed by atoms with E-state index < -0.39 is 11.9 Å². The van der Waals surface area contributed by atoms with Gasteiger partial charge in [-0.1, -0.05) is 18.2 Å². The van der Waals surface area contributed by atoms with Gasteiger partial charge in [0.05, 0.1) is 19.8 Å². The van der Waals surface area contributed by atoms with Gasteiger partial charge in [0.25, 0.3) is 5.91 Å². The minimum absolute atomic E-state index is 0.0446. The highest BCUT2D eigenvalue weighted by Crippen LogP contribution is 2.24. The highest BCUT2D eigenvalue weighted by Gasteiger charge is 2.19. The standard InChI is InChI=1S/C17H17NO5/c1-22-12-6-3-5-11(9-12)10-18-16(19)13-7-4-8-14(17(20)21)15(13)23-2/h3-9H,10H2,1-2H3,(H,18,19)(H,20,21). The van der Waals surface area contributed by atoms with Gasteiger partial charge in [-0.15, -0.1) is 0 Å². The number of carboxylic acids is 1. The maximum atomic E-state index is 12.3. The lowest BCUT2D eigenvalue weighted by Gasteiger charge is -2.12. The first-order valence-electron chi connectivity index (χ1n) is 6.88. The van der Waals surface area contributed by atoms with Gasteiger partial charge in [0.1, 0.15) is 17.1 Å². The van der Waals surface area contributed by atoms with E-state index in [1.54, 1.807) is 7.11 Å². The molecule has 120 valence electrons. The maximum absolute atomic E-state index is 12.3. The van der Waals surface area contributed by atoms with Gasteiger partial charge in [0.2, 0.25) is 0 Å². The van der Waals surface area contributed by atoms with Crippen LogP contribution < -0.4 is 14.8 Å². The number of benzene rings is 2. The summed E-state index contributed by atoms with van der Waals surface area (Å²) in [6.45, 7) is 0.288. The molecule has 1 amide bonds. The lowest BCUT2D eigenvalue weighted by atomic mass is 10.1. The first kappa shape index (κ1) is 16.4. The minimum Gasteiger partial charge on any atom is -0.497 e. The molecule has 0 saturated heterocycles. The molecule has 23 heavy (non-hydrogen) atoms. The number of nitrogens with one attached hydrogen (secondary N) is 1. The molecule has 2 N–H and O–H groups in total. The van der Waals surface area contributed by atoms with E-state index in [1.165, 1.54) is 25.3 Å². The SMILES string of the molecule is COc1cccc(CNC(=O)c2cccc(C(=O)O)c2OC)c1. The molecule has 0 unspecified atom stereocenters.